The highest BCUT2D eigenvalue weighted by atomic mass is 35.5. The molecule has 0 aliphatic heterocycles. The van der Waals surface area contributed by atoms with Gasteiger partial charge in [0.05, 0.1) is 16.6 Å². The van der Waals surface area contributed by atoms with Gasteiger partial charge in [-0.15, -0.1) is 11.6 Å². The van der Waals surface area contributed by atoms with Crippen molar-refractivity contribution in [2.45, 2.75) is 12.3 Å². The van der Waals surface area contributed by atoms with E-state index in [1.54, 1.807) is 24.3 Å². The molecule has 0 amide bonds. The highest BCUT2D eigenvalue weighted by Crippen LogP contribution is 2.32. The van der Waals surface area contributed by atoms with Gasteiger partial charge < -0.3 is 0 Å². The lowest BCUT2D eigenvalue weighted by molar-refractivity contribution is 0.144. The lowest BCUT2D eigenvalue weighted by Gasteiger charge is -2.05. The fourth-order valence-electron chi connectivity index (χ4n) is 1.53. The van der Waals surface area contributed by atoms with Crippen molar-refractivity contribution in [1.82, 2.24) is 9.78 Å². The first kappa shape index (κ1) is 13.6. The van der Waals surface area contributed by atoms with E-state index in [0.29, 0.717) is 10.7 Å². The molecule has 0 aliphatic carbocycles. The third kappa shape index (κ3) is 2.32. The second-order valence-electron chi connectivity index (χ2n) is 3.45. The van der Waals surface area contributed by atoms with Crippen molar-refractivity contribution in [3.05, 3.63) is 45.7 Å². The van der Waals surface area contributed by atoms with E-state index < -0.39 is 12.1 Å². The molecular weight excluding hydrogens is 304 g/mol. The molecule has 2 rings (SSSR count). The van der Waals surface area contributed by atoms with Crippen molar-refractivity contribution in [1.29, 1.82) is 0 Å². The van der Waals surface area contributed by atoms with E-state index in [0.717, 1.165) is 0 Å². The van der Waals surface area contributed by atoms with E-state index >= 15 is 0 Å². The van der Waals surface area contributed by atoms with Gasteiger partial charge in [-0.25, -0.2) is 13.5 Å². The topological polar surface area (TPSA) is 17.8 Å². The van der Waals surface area contributed by atoms with Crippen LogP contribution in [0.4, 0.5) is 8.78 Å². The van der Waals surface area contributed by atoms with Gasteiger partial charge in [0.2, 0.25) is 0 Å². The van der Waals surface area contributed by atoms with Crippen LogP contribution in [-0.2, 0) is 5.88 Å². The van der Waals surface area contributed by atoms with Crippen LogP contribution in [0, 0.1) is 0 Å². The van der Waals surface area contributed by atoms with Gasteiger partial charge >= 0.3 is 0 Å². The molecule has 18 heavy (non-hydrogen) atoms. The SMILES string of the molecule is FC(F)c1nn(-c2ccccc2Cl)c(Cl)c1CCl. The van der Waals surface area contributed by atoms with Crippen LogP contribution >= 0.6 is 34.8 Å². The summed E-state index contributed by atoms with van der Waals surface area (Å²) < 4.78 is 26.8. The molecule has 96 valence electrons. The molecule has 0 unspecified atom stereocenters. The maximum absolute atomic E-state index is 12.8. The van der Waals surface area contributed by atoms with Crippen molar-refractivity contribution in [2.75, 3.05) is 0 Å². The third-order valence-electron chi connectivity index (χ3n) is 2.37. The number of para-hydroxylation sites is 1. The fourth-order valence-corrected chi connectivity index (χ4v) is 2.37. The molecule has 1 heterocycles. The average molecular weight is 312 g/mol. The molecule has 0 bridgehead atoms. The van der Waals surface area contributed by atoms with Crippen molar-refractivity contribution in [3.63, 3.8) is 0 Å². The first-order valence-electron chi connectivity index (χ1n) is 4.92. The maximum atomic E-state index is 12.8. The van der Waals surface area contributed by atoms with Gasteiger partial charge in [0.1, 0.15) is 10.8 Å². The summed E-state index contributed by atoms with van der Waals surface area (Å²) in [6, 6.07) is 6.69. The van der Waals surface area contributed by atoms with Crippen LogP contribution in [0.5, 0.6) is 0 Å². The Morgan fingerprint density at radius 3 is 2.39 bits per heavy atom. The van der Waals surface area contributed by atoms with Gasteiger partial charge in [-0.3, -0.25) is 0 Å². The van der Waals surface area contributed by atoms with Crippen molar-refractivity contribution in [3.8, 4) is 5.69 Å². The Balaban J connectivity index is 2.63. The minimum Gasteiger partial charge on any atom is -0.220 e. The van der Waals surface area contributed by atoms with E-state index in [-0.39, 0.29) is 16.6 Å². The Morgan fingerprint density at radius 1 is 1.22 bits per heavy atom. The largest absolute Gasteiger partial charge is 0.282 e. The highest BCUT2D eigenvalue weighted by Gasteiger charge is 2.23. The van der Waals surface area contributed by atoms with E-state index in [4.69, 9.17) is 34.8 Å². The van der Waals surface area contributed by atoms with Crippen LogP contribution in [0.15, 0.2) is 24.3 Å². The molecule has 2 nitrogen and oxygen atoms in total. The fraction of sp³-hybridized carbons (Fsp3) is 0.182. The summed E-state index contributed by atoms with van der Waals surface area (Å²) in [5.41, 5.74) is 0.130. The van der Waals surface area contributed by atoms with Gasteiger partial charge in [0.15, 0.2) is 0 Å². The molecule has 0 fully saturated rings. The highest BCUT2D eigenvalue weighted by molar-refractivity contribution is 6.33. The predicted molar refractivity (Wildman–Crippen MR) is 68.1 cm³/mol. The number of hydrogen-bond acceptors (Lipinski definition) is 1. The molecule has 1 aromatic carbocycles. The average Bonchev–Trinajstić information content (AvgIpc) is 2.67. The van der Waals surface area contributed by atoms with Crippen LogP contribution in [0.3, 0.4) is 0 Å². The molecule has 0 N–H and O–H groups in total. The lowest BCUT2D eigenvalue weighted by Crippen LogP contribution is -1.98. The van der Waals surface area contributed by atoms with Gasteiger partial charge in [-0.1, -0.05) is 35.3 Å². The first-order chi connectivity index (χ1) is 8.56. The van der Waals surface area contributed by atoms with E-state index in [1.807, 2.05) is 0 Å². The second kappa shape index (κ2) is 5.43. The van der Waals surface area contributed by atoms with E-state index in [1.165, 1.54) is 4.68 Å². The number of halogens is 5. The van der Waals surface area contributed by atoms with Crippen LogP contribution in [0.1, 0.15) is 17.7 Å². The summed E-state index contributed by atoms with van der Waals surface area (Å²) in [5.74, 6) is -0.136. The van der Waals surface area contributed by atoms with Gasteiger partial charge in [0, 0.05) is 5.56 Å². The number of alkyl halides is 3. The molecule has 1 aromatic heterocycles. The summed E-state index contributed by atoms with van der Waals surface area (Å²) in [4.78, 5) is 0. The van der Waals surface area contributed by atoms with Crippen LogP contribution < -0.4 is 0 Å². The Morgan fingerprint density at radius 2 is 1.89 bits per heavy atom. The normalized spacial score (nSPS) is 11.2. The lowest BCUT2D eigenvalue weighted by atomic mass is 10.3. The van der Waals surface area contributed by atoms with Gasteiger partial charge in [-0.2, -0.15) is 5.10 Å². The molecule has 2 aromatic rings. The Hall–Kier alpha value is -0.840. The number of aromatic nitrogens is 2. The zero-order valence-electron chi connectivity index (χ0n) is 8.88. The molecule has 0 saturated carbocycles. The third-order valence-corrected chi connectivity index (χ3v) is 3.35. The number of hydrogen-bond donors (Lipinski definition) is 0. The zero-order valence-corrected chi connectivity index (χ0v) is 11.1. The number of benzene rings is 1. The Labute approximate surface area is 117 Å². The quantitative estimate of drug-likeness (QED) is 0.741. The zero-order chi connectivity index (χ0) is 13.3. The standard InChI is InChI=1S/C11H7Cl3F2N2/c12-5-6-9(11(15)16)17-18(10(6)14)8-4-2-1-3-7(8)13/h1-4,11H,5H2. The molecule has 0 spiro atoms. The van der Waals surface area contributed by atoms with E-state index in [2.05, 4.69) is 5.10 Å². The van der Waals surface area contributed by atoms with Gasteiger partial charge in [-0.05, 0) is 12.1 Å². The summed E-state index contributed by atoms with van der Waals surface area (Å²) in [7, 11) is 0. The number of rotatable bonds is 3. The monoisotopic (exact) mass is 310 g/mol. The van der Waals surface area contributed by atoms with Crippen LogP contribution in [0.25, 0.3) is 5.69 Å². The van der Waals surface area contributed by atoms with Gasteiger partial charge in [0.25, 0.3) is 6.43 Å². The van der Waals surface area contributed by atoms with Crippen molar-refractivity contribution < 1.29 is 8.78 Å². The number of nitrogens with zero attached hydrogens (tertiary/aromatic N) is 2. The molecule has 0 saturated heterocycles. The van der Waals surface area contributed by atoms with Crippen molar-refractivity contribution in [2.24, 2.45) is 0 Å². The predicted octanol–water partition coefficient (Wildman–Crippen LogP) is 4.86. The van der Waals surface area contributed by atoms with Crippen LogP contribution in [0.2, 0.25) is 10.2 Å². The minimum atomic E-state index is -2.74. The Bertz CT molecular complexity index is 569. The van der Waals surface area contributed by atoms with Crippen LogP contribution in [-0.4, -0.2) is 9.78 Å². The summed E-state index contributed by atoms with van der Waals surface area (Å²) in [6.07, 6.45) is -2.74. The molecule has 0 radical (unpaired) electrons. The summed E-state index contributed by atoms with van der Waals surface area (Å²) in [6.45, 7) is 0. The minimum absolute atomic E-state index is 0.0494. The molecule has 0 aliphatic rings. The van der Waals surface area contributed by atoms with E-state index in [9.17, 15) is 8.78 Å². The second-order valence-corrected chi connectivity index (χ2v) is 4.48. The van der Waals surface area contributed by atoms with Crippen molar-refractivity contribution >= 4 is 34.8 Å². The maximum Gasteiger partial charge on any atom is 0.282 e. The summed E-state index contributed by atoms with van der Waals surface area (Å²) >= 11 is 17.6. The smallest absolute Gasteiger partial charge is 0.220 e. The molecular formula is C11H7Cl3F2N2. The summed E-state index contributed by atoms with van der Waals surface area (Å²) in [5, 5.41) is 4.19. The molecule has 0 atom stereocenters. The molecule has 7 heteroatoms. The Kier molecular flexibility index (Phi) is 4.10. The first-order valence-corrected chi connectivity index (χ1v) is 6.21.